The zero-order valence-corrected chi connectivity index (χ0v) is 2.79. The van der Waals surface area contributed by atoms with Gasteiger partial charge in [0.1, 0.15) is 12.4 Å². The molecule has 0 aromatic carbocycles. The van der Waals surface area contributed by atoms with E-state index in [1.54, 1.807) is 0 Å². The first kappa shape index (κ1) is 3.14. The Labute approximate surface area is 34.2 Å². The monoisotopic (exact) mass is 80.0 g/mol. The van der Waals surface area contributed by atoms with Crippen LogP contribution in [0.25, 0.3) is 0 Å². The number of rotatable bonds is 0. The van der Waals surface area contributed by atoms with Crippen molar-refractivity contribution in [3.63, 3.8) is 0 Å². The molecule has 0 aliphatic heterocycles. The van der Waals surface area contributed by atoms with Crippen molar-refractivity contribution in [1.82, 2.24) is 20.6 Å². The molecule has 0 saturated carbocycles. The first-order valence-corrected chi connectivity index (χ1v) is 1.30. The second-order valence-electron chi connectivity index (χ2n) is 0.602. The molecule has 0 unspecified atom stereocenters. The molecule has 0 aliphatic rings. The van der Waals surface area contributed by atoms with Gasteiger partial charge in [0.15, 0.2) is 0 Å². The van der Waals surface area contributed by atoms with Crippen LogP contribution in [0.3, 0.4) is 0 Å². The number of aromatic nitrogens is 4. The number of hydrogen-bond acceptors (Lipinski definition) is 4. The molecule has 0 aliphatic carbocycles. The SMILES string of the molecule is [c]1[c]nnnn1. The highest BCUT2D eigenvalue weighted by molar-refractivity contribution is 4.44. The fraction of sp³-hybridized carbons (Fsp3) is 0. The molecule has 0 atom stereocenters. The van der Waals surface area contributed by atoms with Crippen LogP contribution < -0.4 is 0 Å². The van der Waals surface area contributed by atoms with Gasteiger partial charge in [-0.05, 0) is 10.4 Å². The minimum atomic E-state index is 2.23. The fourth-order valence-electron chi connectivity index (χ4n) is 0.129. The number of hydrogen-bond donors (Lipinski definition) is 0. The molecule has 2 radical (unpaired) electrons. The van der Waals surface area contributed by atoms with E-state index in [1.807, 2.05) is 0 Å². The van der Waals surface area contributed by atoms with Crippen molar-refractivity contribution < 1.29 is 0 Å². The third-order valence-electron chi connectivity index (χ3n) is 0.279. The summed E-state index contributed by atoms with van der Waals surface area (Å²) in [6.45, 7) is 0. The normalized spacial score (nSPS) is 8.00. The van der Waals surface area contributed by atoms with Crippen LogP contribution in [-0.4, -0.2) is 20.6 Å². The Hall–Kier alpha value is -1.06. The maximum Gasteiger partial charge on any atom is 0.147 e. The molecule has 1 aromatic heterocycles. The third-order valence-corrected chi connectivity index (χ3v) is 0.279. The Balaban J connectivity index is 3.00. The van der Waals surface area contributed by atoms with Crippen LogP contribution in [0.15, 0.2) is 0 Å². The topological polar surface area (TPSA) is 51.6 Å². The van der Waals surface area contributed by atoms with Crippen LogP contribution in [0, 0.1) is 12.4 Å². The van der Waals surface area contributed by atoms with E-state index in [0.717, 1.165) is 0 Å². The molecule has 0 saturated heterocycles. The van der Waals surface area contributed by atoms with Crippen LogP contribution in [0.2, 0.25) is 0 Å². The molecule has 0 bridgehead atoms. The molecular weight excluding hydrogens is 80.0 g/mol. The van der Waals surface area contributed by atoms with Crippen molar-refractivity contribution in [3.05, 3.63) is 12.4 Å². The first-order chi connectivity index (χ1) is 3.00. The summed E-state index contributed by atoms with van der Waals surface area (Å²) in [4.78, 5) is 0. The maximum absolute atomic E-state index is 3.18. The molecule has 28 valence electrons. The summed E-state index contributed by atoms with van der Waals surface area (Å²) < 4.78 is 0. The average Bonchev–Trinajstić information content (AvgIpc) is 1.72. The van der Waals surface area contributed by atoms with Gasteiger partial charge in [0.25, 0.3) is 0 Å². The zero-order valence-electron chi connectivity index (χ0n) is 2.79. The maximum atomic E-state index is 3.18. The Kier molecular flexibility index (Phi) is 0.731. The summed E-state index contributed by atoms with van der Waals surface area (Å²) in [5.74, 6) is 0. The molecular formula is C2N4. The van der Waals surface area contributed by atoms with E-state index in [1.165, 1.54) is 0 Å². The lowest BCUT2D eigenvalue weighted by Crippen LogP contribution is -1.85. The highest BCUT2D eigenvalue weighted by atomic mass is 15.4. The van der Waals surface area contributed by atoms with Gasteiger partial charge in [-0.2, -0.15) is 0 Å². The van der Waals surface area contributed by atoms with E-state index in [0.29, 0.717) is 0 Å². The summed E-state index contributed by atoms with van der Waals surface area (Å²) in [5.41, 5.74) is 0. The third kappa shape index (κ3) is 0.453. The van der Waals surface area contributed by atoms with Gasteiger partial charge < -0.3 is 0 Å². The predicted molar refractivity (Wildman–Crippen MR) is 15.3 cm³/mol. The summed E-state index contributed by atoms with van der Waals surface area (Å²) in [6, 6.07) is 0. The molecule has 1 aromatic rings. The van der Waals surface area contributed by atoms with Gasteiger partial charge in [-0.1, -0.05) is 0 Å². The van der Waals surface area contributed by atoms with E-state index < -0.39 is 0 Å². The quantitative estimate of drug-likeness (QED) is 0.395. The minimum Gasteiger partial charge on any atom is -0.124 e. The Morgan fingerprint density at radius 2 is 1.33 bits per heavy atom. The molecule has 6 heavy (non-hydrogen) atoms. The van der Waals surface area contributed by atoms with E-state index >= 15 is 0 Å². The lowest BCUT2D eigenvalue weighted by atomic mass is 11.0. The first-order valence-electron chi connectivity index (χ1n) is 1.30. The zero-order chi connectivity index (χ0) is 4.24. The molecule has 1 heterocycles. The minimum absolute atomic E-state index is 2.23. The van der Waals surface area contributed by atoms with Gasteiger partial charge in [-0.25, -0.2) is 0 Å². The van der Waals surface area contributed by atoms with Crippen molar-refractivity contribution in [2.75, 3.05) is 0 Å². The van der Waals surface area contributed by atoms with Gasteiger partial charge in [-0.3, -0.25) is 0 Å². The molecule has 4 nitrogen and oxygen atoms in total. The van der Waals surface area contributed by atoms with Crippen molar-refractivity contribution in [1.29, 1.82) is 0 Å². The van der Waals surface area contributed by atoms with Crippen LogP contribution >= 0.6 is 0 Å². The summed E-state index contributed by atoms with van der Waals surface area (Å²) >= 11 is 0. The predicted octanol–water partition coefficient (Wildman–Crippen LogP) is -1.13. The average molecular weight is 80.0 g/mol. The largest absolute Gasteiger partial charge is 0.147 e. The Bertz CT molecular complexity index is 77.5. The lowest BCUT2D eigenvalue weighted by Gasteiger charge is -1.64. The van der Waals surface area contributed by atoms with Gasteiger partial charge in [0.05, 0.1) is 0 Å². The van der Waals surface area contributed by atoms with Crippen molar-refractivity contribution in [3.8, 4) is 0 Å². The smallest absolute Gasteiger partial charge is 0.124 e. The van der Waals surface area contributed by atoms with Crippen LogP contribution in [0.5, 0.6) is 0 Å². The molecule has 4 heteroatoms. The molecule has 1 rings (SSSR count). The standard InChI is InChI=1S/C2N4/c1-2-4-6-5-3-1. The van der Waals surface area contributed by atoms with Crippen molar-refractivity contribution in [2.24, 2.45) is 0 Å². The highest BCUT2D eigenvalue weighted by Gasteiger charge is 1.65. The van der Waals surface area contributed by atoms with Gasteiger partial charge >= 0.3 is 0 Å². The summed E-state index contributed by atoms with van der Waals surface area (Å²) in [6.07, 6.45) is 4.47. The summed E-state index contributed by atoms with van der Waals surface area (Å²) in [5, 5.41) is 12.5. The molecule has 0 fully saturated rings. The summed E-state index contributed by atoms with van der Waals surface area (Å²) in [7, 11) is 0. The fourth-order valence-corrected chi connectivity index (χ4v) is 0.129. The van der Waals surface area contributed by atoms with Crippen molar-refractivity contribution >= 4 is 0 Å². The highest BCUT2D eigenvalue weighted by Crippen LogP contribution is 1.49. The van der Waals surface area contributed by atoms with Gasteiger partial charge in [0, 0.05) is 0 Å². The van der Waals surface area contributed by atoms with Gasteiger partial charge in [0.2, 0.25) is 0 Å². The van der Waals surface area contributed by atoms with Crippen LogP contribution in [0.1, 0.15) is 0 Å². The van der Waals surface area contributed by atoms with E-state index in [4.69, 9.17) is 0 Å². The molecule has 0 N–H and O–H groups in total. The Morgan fingerprint density at radius 3 is 1.50 bits per heavy atom. The molecule has 0 spiro atoms. The van der Waals surface area contributed by atoms with Crippen molar-refractivity contribution in [2.45, 2.75) is 0 Å². The van der Waals surface area contributed by atoms with Crippen LogP contribution in [0.4, 0.5) is 0 Å². The van der Waals surface area contributed by atoms with Gasteiger partial charge in [-0.15, -0.1) is 10.2 Å². The second-order valence-corrected chi connectivity index (χ2v) is 0.602. The Morgan fingerprint density at radius 1 is 0.833 bits per heavy atom. The van der Waals surface area contributed by atoms with E-state index in [2.05, 4.69) is 33.0 Å². The van der Waals surface area contributed by atoms with Crippen LogP contribution in [-0.2, 0) is 0 Å². The number of nitrogens with zero attached hydrogens (tertiary/aromatic N) is 4. The lowest BCUT2D eigenvalue weighted by molar-refractivity contribution is 0.753. The second kappa shape index (κ2) is 1.40. The van der Waals surface area contributed by atoms with E-state index in [9.17, 15) is 0 Å². The van der Waals surface area contributed by atoms with E-state index in [-0.39, 0.29) is 0 Å². The molecule has 0 amide bonds.